The van der Waals surface area contributed by atoms with Gasteiger partial charge in [-0.25, -0.2) is 0 Å². The van der Waals surface area contributed by atoms with E-state index in [4.69, 9.17) is 11.6 Å². The standard InChI is InChI=1S/C20H17ClN6O4S/c1-24-23-13(11-22-20(29)17-7-8-18(21)32-17)12-26(24)15-6-5-14(10-16(15)27(30)31)25-9-3-2-4-19(25)28/h2-10,12,23H,11H2,1H3,(H,22,29). The number of thiophene rings is 1. The Morgan fingerprint density at radius 2 is 2.06 bits per heavy atom. The third-order valence-electron chi connectivity index (χ3n) is 4.65. The molecule has 1 aliphatic heterocycles. The van der Waals surface area contributed by atoms with Gasteiger partial charge in [-0.3, -0.25) is 29.3 Å². The van der Waals surface area contributed by atoms with Crippen LogP contribution in [0.2, 0.25) is 4.34 Å². The van der Waals surface area contributed by atoms with Crippen LogP contribution in [0.15, 0.2) is 71.4 Å². The Kier molecular flexibility index (Phi) is 5.95. The molecule has 164 valence electrons. The summed E-state index contributed by atoms with van der Waals surface area (Å²) in [5, 5.41) is 17.7. The number of benzene rings is 1. The smallest absolute Gasteiger partial charge is 0.296 e. The monoisotopic (exact) mass is 472 g/mol. The topological polar surface area (TPSA) is 113 Å². The Bertz CT molecular complexity index is 1290. The highest BCUT2D eigenvalue weighted by Crippen LogP contribution is 2.32. The van der Waals surface area contributed by atoms with Gasteiger partial charge in [0, 0.05) is 31.6 Å². The summed E-state index contributed by atoms with van der Waals surface area (Å²) in [6.45, 7) is 0.181. The van der Waals surface area contributed by atoms with E-state index in [0.717, 1.165) is 0 Å². The van der Waals surface area contributed by atoms with Crippen LogP contribution in [0.4, 0.5) is 11.4 Å². The molecule has 3 heterocycles. The summed E-state index contributed by atoms with van der Waals surface area (Å²) in [5.41, 5.74) is 3.87. The number of pyridine rings is 1. The van der Waals surface area contributed by atoms with Gasteiger partial charge in [-0.15, -0.1) is 16.5 Å². The number of nitro groups is 1. The first kappa shape index (κ1) is 21.6. The number of aromatic nitrogens is 1. The first-order chi connectivity index (χ1) is 15.3. The number of nitrogens with zero attached hydrogens (tertiary/aromatic N) is 4. The minimum Gasteiger partial charge on any atom is -0.346 e. The van der Waals surface area contributed by atoms with E-state index in [1.165, 1.54) is 28.0 Å². The predicted molar refractivity (Wildman–Crippen MR) is 122 cm³/mol. The Labute approximate surface area is 191 Å². The molecule has 1 aliphatic rings. The summed E-state index contributed by atoms with van der Waals surface area (Å²) in [6.07, 6.45) is 3.20. The van der Waals surface area contributed by atoms with E-state index in [0.29, 0.717) is 26.3 Å². The number of amides is 1. The van der Waals surface area contributed by atoms with Crippen LogP contribution >= 0.6 is 22.9 Å². The Morgan fingerprint density at radius 1 is 1.25 bits per heavy atom. The second-order valence-corrected chi connectivity index (χ2v) is 8.47. The number of carbonyl (C=O) groups excluding carboxylic acids is 1. The quantitative estimate of drug-likeness (QED) is 0.419. The highest BCUT2D eigenvalue weighted by molar-refractivity contribution is 7.18. The van der Waals surface area contributed by atoms with E-state index in [1.807, 2.05) is 0 Å². The summed E-state index contributed by atoms with van der Waals surface area (Å²) in [7, 11) is 1.68. The highest BCUT2D eigenvalue weighted by atomic mass is 35.5. The van der Waals surface area contributed by atoms with Crippen molar-refractivity contribution >= 4 is 40.2 Å². The Balaban J connectivity index is 1.57. The van der Waals surface area contributed by atoms with Gasteiger partial charge in [0.15, 0.2) is 0 Å². The van der Waals surface area contributed by atoms with Gasteiger partial charge in [0.1, 0.15) is 5.69 Å². The van der Waals surface area contributed by atoms with Crippen molar-refractivity contribution in [2.75, 3.05) is 18.6 Å². The maximum atomic E-state index is 12.2. The fourth-order valence-corrected chi connectivity index (χ4v) is 4.14. The number of hydrogen-bond acceptors (Lipinski definition) is 8. The number of halogens is 1. The van der Waals surface area contributed by atoms with Gasteiger partial charge in [-0.1, -0.05) is 17.7 Å². The van der Waals surface area contributed by atoms with Crippen molar-refractivity contribution in [3.63, 3.8) is 0 Å². The second-order valence-electron chi connectivity index (χ2n) is 6.76. The van der Waals surface area contributed by atoms with Gasteiger partial charge >= 0.3 is 0 Å². The molecule has 2 N–H and O–H groups in total. The molecule has 1 aromatic carbocycles. The third-order valence-corrected chi connectivity index (χ3v) is 5.88. The number of hydrazine groups is 2. The van der Waals surface area contributed by atoms with E-state index >= 15 is 0 Å². The van der Waals surface area contributed by atoms with Crippen LogP contribution in [0.25, 0.3) is 5.69 Å². The molecule has 0 fully saturated rings. The molecule has 0 unspecified atom stereocenters. The lowest BCUT2D eigenvalue weighted by molar-refractivity contribution is -0.384. The SMILES string of the molecule is CN1NC(CNC(=O)c2ccc(Cl)s2)=CN1c1ccc(-n2ccccc2=O)cc1[N+](=O)[O-]. The van der Waals surface area contributed by atoms with E-state index in [1.54, 1.807) is 66.0 Å². The van der Waals surface area contributed by atoms with Crippen LogP contribution in [-0.2, 0) is 0 Å². The van der Waals surface area contributed by atoms with E-state index in [9.17, 15) is 19.7 Å². The maximum absolute atomic E-state index is 12.2. The molecule has 0 aliphatic carbocycles. The zero-order chi connectivity index (χ0) is 22.8. The number of nitrogens with one attached hydrogen (secondary N) is 2. The number of nitro benzene ring substituents is 1. The molecule has 32 heavy (non-hydrogen) atoms. The van der Waals surface area contributed by atoms with E-state index in [2.05, 4.69) is 10.7 Å². The lowest BCUT2D eigenvalue weighted by atomic mass is 10.2. The number of hydrogen-bond donors (Lipinski definition) is 2. The van der Waals surface area contributed by atoms with Gasteiger partial charge in [-0.2, -0.15) is 0 Å². The molecule has 12 heteroatoms. The summed E-state index contributed by atoms with van der Waals surface area (Å²) >= 11 is 7.04. The number of carbonyl (C=O) groups is 1. The minimum atomic E-state index is -0.505. The van der Waals surface area contributed by atoms with Crippen molar-refractivity contribution in [1.82, 2.24) is 20.4 Å². The first-order valence-electron chi connectivity index (χ1n) is 9.34. The van der Waals surface area contributed by atoms with Crippen molar-refractivity contribution in [3.8, 4) is 5.69 Å². The molecule has 0 radical (unpaired) electrons. The average molecular weight is 473 g/mol. The van der Waals surface area contributed by atoms with Crippen molar-refractivity contribution in [2.24, 2.45) is 0 Å². The van der Waals surface area contributed by atoms with Crippen LogP contribution in [-0.4, -0.2) is 34.1 Å². The summed E-state index contributed by atoms with van der Waals surface area (Å²) in [4.78, 5) is 36.1. The van der Waals surface area contributed by atoms with E-state index in [-0.39, 0.29) is 23.7 Å². The van der Waals surface area contributed by atoms with Gasteiger partial charge in [0.05, 0.1) is 32.1 Å². The molecule has 4 rings (SSSR count). The molecular formula is C20H17ClN6O4S. The molecular weight excluding hydrogens is 456 g/mol. The predicted octanol–water partition coefficient (Wildman–Crippen LogP) is 2.90. The lowest BCUT2D eigenvalue weighted by Crippen LogP contribution is -2.40. The largest absolute Gasteiger partial charge is 0.346 e. The van der Waals surface area contributed by atoms with Crippen LogP contribution < -0.4 is 21.3 Å². The van der Waals surface area contributed by atoms with Crippen LogP contribution in [0.5, 0.6) is 0 Å². The summed E-state index contributed by atoms with van der Waals surface area (Å²) in [5.74, 6) is -0.269. The fourth-order valence-electron chi connectivity index (χ4n) is 3.18. The number of anilines is 1. The average Bonchev–Trinajstić information content (AvgIpc) is 3.37. The van der Waals surface area contributed by atoms with Gasteiger partial charge in [0.25, 0.3) is 17.2 Å². The van der Waals surface area contributed by atoms with Crippen LogP contribution in [0.3, 0.4) is 0 Å². The Hall–Kier alpha value is -3.67. The second kappa shape index (κ2) is 8.83. The molecule has 1 amide bonds. The summed E-state index contributed by atoms with van der Waals surface area (Å²) < 4.78 is 1.85. The zero-order valence-corrected chi connectivity index (χ0v) is 18.3. The fraction of sp³-hybridized carbons (Fsp3) is 0.100. The molecule has 3 aromatic rings. The molecule has 10 nitrogen and oxygen atoms in total. The van der Waals surface area contributed by atoms with E-state index < -0.39 is 4.92 Å². The third kappa shape index (κ3) is 4.35. The van der Waals surface area contributed by atoms with Gasteiger partial charge in [0.2, 0.25) is 0 Å². The van der Waals surface area contributed by atoms with Gasteiger partial charge in [-0.05, 0) is 30.3 Å². The molecule has 0 atom stereocenters. The Morgan fingerprint density at radius 3 is 2.75 bits per heavy atom. The molecule has 0 bridgehead atoms. The zero-order valence-electron chi connectivity index (χ0n) is 16.7. The van der Waals surface area contributed by atoms with Crippen molar-refractivity contribution in [1.29, 1.82) is 0 Å². The molecule has 0 spiro atoms. The number of rotatable bonds is 6. The first-order valence-corrected chi connectivity index (χ1v) is 10.5. The van der Waals surface area contributed by atoms with Crippen molar-refractivity contribution < 1.29 is 9.72 Å². The summed E-state index contributed by atoms with van der Waals surface area (Å²) in [6, 6.07) is 12.5. The lowest BCUT2D eigenvalue weighted by Gasteiger charge is -2.24. The van der Waals surface area contributed by atoms with Crippen molar-refractivity contribution in [2.45, 2.75) is 0 Å². The molecule has 2 aromatic heterocycles. The minimum absolute atomic E-state index is 0.179. The molecule has 0 saturated heterocycles. The normalized spacial score (nSPS) is 13.6. The van der Waals surface area contributed by atoms with Crippen molar-refractivity contribution in [3.05, 3.63) is 96.3 Å². The maximum Gasteiger partial charge on any atom is 0.296 e. The highest BCUT2D eigenvalue weighted by Gasteiger charge is 2.27. The van der Waals surface area contributed by atoms with Crippen LogP contribution in [0.1, 0.15) is 9.67 Å². The molecule has 0 saturated carbocycles. The van der Waals surface area contributed by atoms with Crippen LogP contribution in [0, 0.1) is 10.1 Å². The van der Waals surface area contributed by atoms with Gasteiger partial charge < -0.3 is 10.7 Å².